The monoisotopic (exact) mass is 402 g/mol. The number of rotatable bonds is 3. The highest BCUT2D eigenvalue weighted by molar-refractivity contribution is 9.10. The Morgan fingerprint density at radius 3 is 2.48 bits per heavy atom. The van der Waals surface area contributed by atoms with Crippen LogP contribution in [0, 0.1) is 0 Å². The van der Waals surface area contributed by atoms with Gasteiger partial charge in [0, 0.05) is 18.3 Å². The second kappa shape index (κ2) is 7.06. The first kappa shape index (κ1) is 17.2. The summed E-state index contributed by atoms with van der Waals surface area (Å²) >= 11 is 3.45. The third-order valence-electron chi connectivity index (χ3n) is 3.51. The topological polar surface area (TPSA) is 68.2 Å². The standard InChI is InChI=1S/C18H15BrN2O4/c1-11(22)21-18(14-8-4-6-10-16(14)24-12(2)23)25-17(20-21)13-7-3-5-9-15(13)19/h3-10,18H,1-2H3/t18-/m1/s1. The maximum atomic E-state index is 12.0. The van der Waals surface area contributed by atoms with E-state index in [-0.39, 0.29) is 5.91 Å². The Morgan fingerprint density at radius 1 is 1.12 bits per heavy atom. The van der Waals surface area contributed by atoms with Crippen molar-refractivity contribution in [3.05, 3.63) is 64.1 Å². The quantitative estimate of drug-likeness (QED) is 0.580. The normalized spacial score (nSPS) is 16.2. The highest BCUT2D eigenvalue weighted by Crippen LogP contribution is 2.36. The Labute approximate surface area is 153 Å². The van der Waals surface area contributed by atoms with Crippen molar-refractivity contribution >= 4 is 33.7 Å². The molecule has 0 bridgehead atoms. The molecule has 0 fully saturated rings. The zero-order valence-electron chi connectivity index (χ0n) is 13.6. The van der Waals surface area contributed by atoms with Crippen LogP contribution in [0.25, 0.3) is 0 Å². The number of nitrogens with zero attached hydrogens (tertiary/aromatic N) is 2. The lowest BCUT2D eigenvalue weighted by Gasteiger charge is -2.21. The molecule has 0 saturated carbocycles. The number of esters is 1. The van der Waals surface area contributed by atoms with Gasteiger partial charge in [0.15, 0.2) is 0 Å². The molecule has 1 atom stereocenters. The van der Waals surface area contributed by atoms with Gasteiger partial charge in [-0.3, -0.25) is 9.59 Å². The van der Waals surface area contributed by atoms with E-state index in [1.165, 1.54) is 18.9 Å². The van der Waals surface area contributed by atoms with E-state index in [9.17, 15) is 9.59 Å². The molecule has 0 spiro atoms. The lowest BCUT2D eigenvalue weighted by atomic mass is 10.1. The van der Waals surface area contributed by atoms with Gasteiger partial charge in [-0.15, -0.1) is 5.10 Å². The fraction of sp³-hybridized carbons (Fsp3) is 0.167. The van der Waals surface area contributed by atoms with Gasteiger partial charge in [-0.05, 0) is 40.2 Å². The van der Waals surface area contributed by atoms with Crippen LogP contribution in [0.2, 0.25) is 0 Å². The minimum atomic E-state index is -0.810. The maximum Gasteiger partial charge on any atom is 0.308 e. The zero-order chi connectivity index (χ0) is 18.0. The van der Waals surface area contributed by atoms with Gasteiger partial charge in [-0.25, -0.2) is 0 Å². The van der Waals surface area contributed by atoms with Crippen LogP contribution in [0.5, 0.6) is 5.75 Å². The predicted molar refractivity (Wildman–Crippen MR) is 94.8 cm³/mol. The van der Waals surface area contributed by atoms with Gasteiger partial charge in [0.1, 0.15) is 5.75 Å². The van der Waals surface area contributed by atoms with E-state index in [4.69, 9.17) is 9.47 Å². The minimum absolute atomic E-state index is 0.287. The molecule has 0 radical (unpaired) electrons. The number of halogens is 1. The Kier molecular flexibility index (Phi) is 4.85. The molecule has 0 saturated heterocycles. The van der Waals surface area contributed by atoms with Crippen LogP contribution in [0.4, 0.5) is 0 Å². The van der Waals surface area contributed by atoms with Crippen LogP contribution < -0.4 is 4.74 Å². The van der Waals surface area contributed by atoms with E-state index < -0.39 is 12.2 Å². The molecule has 25 heavy (non-hydrogen) atoms. The maximum absolute atomic E-state index is 12.0. The average molecular weight is 403 g/mol. The summed E-state index contributed by atoms with van der Waals surface area (Å²) in [5.41, 5.74) is 1.26. The summed E-state index contributed by atoms with van der Waals surface area (Å²) in [6.45, 7) is 2.72. The Hall–Kier alpha value is -2.67. The second-order valence-electron chi connectivity index (χ2n) is 5.35. The molecule has 7 heteroatoms. The van der Waals surface area contributed by atoms with Crippen LogP contribution in [-0.4, -0.2) is 22.8 Å². The third kappa shape index (κ3) is 3.56. The van der Waals surface area contributed by atoms with Crippen molar-refractivity contribution in [2.24, 2.45) is 5.10 Å². The van der Waals surface area contributed by atoms with E-state index in [0.29, 0.717) is 17.2 Å². The summed E-state index contributed by atoms with van der Waals surface area (Å²) in [7, 11) is 0. The van der Waals surface area contributed by atoms with Gasteiger partial charge in [0.05, 0.1) is 11.1 Å². The summed E-state index contributed by atoms with van der Waals surface area (Å²) in [5.74, 6) is -0.100. The lowest BCUT2D eigenvalue weighted by Crippen LogP contribution is -2.26. The van der Waals surface area contributed by atoms with Gasteiger partial charge in [-0.2, -0.15) is 5.01 Å². The van der Waals surface area contributed by atoms with Crippen LogP contribution in [0.15, 0.2) is 58.1 Å². The number of hydrazone groups is 1. The summed E-state index contributed by atoms with van der Waals surface area (Å²) in [4.78, 5) is 23.4. The molecule has 3 rings (SSSR count). The number of benzene rings is 2. The van der Waals surface area contributed by atoms with Crippen LogP contribution in [0.1, 0.15) is 31.2 Å². The van der Waals surface area contributed by atoms with Gasteiger partial charge in [0.25, 0.3) is 0 Å². The number of hydrogen-bond donors (Lipinski definition) is 0. The first-order valence-electron chi connectivity index (χ1n) is 7.54. The fourth-order valence-electron chi connectivity index (χ4n) is 2.44. The largest absolute Gasteiger partial charge is 0.445 e. The van der Waals surface area contributed by atoms with Gasteiger partial charge in [-0.1, -0.05) is 24.3 Å². The van der Waals surface area contributed by atoms with Crippen LogP contribution >= 0.6 is 15.9 Å². The molecule has 2 aromatic rings. The van der Waals surface area contributed by atoms with Crippen molar-refractivity contribution in [3.63, 3.8) is 0 Å². The van der Waals surface area contributed by atoms with E-state index in [1.807, 2.05) is 24.3 Å². The summed E-state index contributed by atoms with van der Waals surface area (Å²) in [6, 6.07) is 14.3. The van der Waals surface area contributed by atoms with E-state index >= 15 is 0 Å². The average Bonchev–Trinajstić information content (AvgIpc) is 3.00. The van der Waals surface area contributed by atoms with E-state index in [0.717, 1.165) is 10.0 Å². The summed E-state index contributed by atoms with van der Waals surface area (Å²) in [6.07, 6.45) is -0.810. The Balaban J connectivity index is 2.00. The van der Waals surface area contributed by atoms with Gasteiger partial charge < -0.3 is 9.47 Å². The molecule has 6 nitrogen and oxygen atoms in total. The molecule has 0 unspecified atom stereocenters. The number of carbonyl (C=O) groups excluding carboxylic acids is 2. The van der Waals surface area contributed by atoms with Gasteiger partial charge in [0.2, 0.25) is 18.0 Å². The molecule has 0 aliphatic carbocycles. The van der Waals surface area contributed by atoms with Crippen LogP contribution in [-0.2, 0) is 14.3 Å². The highest BCUT2D eigenvalue weighted by Gasteiger charge is 2.35. The highest BCUT2D eigenvalue weighted by atomic mass is 79.9. The summed E-state index contributed by atoms with van der Waals surface area (Å²) < 4.78 is 12.0. The molecular formula is C18H15BrN2O4. The fourth-order valence-corrected chi connectivity index (χ4v) is 2.90. The molecule has 0 N–H and O–H groups in total. The summed E-state index contributed by atoms with van der Waals surface area (Å²) in [5, 5.41) is 5.54. The molecule has 1 aliphatic rings. The number of carbonyl (C=O) groups is 2. The Morgan fingerprint density at radius 2 is 1.80 bits per heavy atom. The molecule has 2 aromatic carbocycles. The molecule has 0 aromatic heterocycles. The Bertz CT molecular complexity index is 866. The van der Waals surface area contributed by atoms with E-state index in [2.05, 4.69) is 21.0 Å². The number of para-hydroxylation sites is 1. The molecule has 1 aliphatic heterocycles. The SMILES string of the molecule is CC(=O)Oc1ccccc1[C@H]1OC(c2ccccc2Br)=NN1C(C)=O. The smallest absolute Gasteiger partial charge is 0.308 e. The van der Waals surface area contributed by atoms with Crippen molar-refractivity contribution in [1.82, 2.24) is 5.01 Å². The van der Waals surface area contributed by atoms with Crippen molar-refractivity contribution in [2.75, 3.05) is 0 Å². The predicted octanol–water partition coefficient (Wildman–Crippen LogP) is 3.61. The second-order valence-corrected chi connectivity index (χ2v) is 6.20. The molecule has 1 amide bonds. The van der Waals surface area contributed by atoms with Crippen molar-refractivity contribution in [3.8, 4) is 5.75 Å². The van der Waals surface area contributed by atoms with Crippen molar-refractivity contribution in [2.45, 2.75) is 20.1 Å². The molecule has 128 valence electrons. The number of hydrogen-bond acceptors (Lipinski definition) is 5. The van der Waals surface area contributed by atoms with Crippen molar-refractivity contribution < 1.29 is 19.1 Å². The number of ether oxygens (including phenoxy) is 2. The lowest BCUT2D eigenvalue weighted by molar-refractivity contribution is -0.135. The minimum Gasteiger partial charge on any atom is -0.445 e. The number of amides is 1. The van der Waals surface area contributed by atoms with Crippen LogP contribution in [0.3, 0.4) is 0 Å². The van der Waals surface area contributed by atoms with Gasteiger partial charge >= 0.3 is 5.97 Å². The first-order chi connectivity index (χ1) is 12.0. The molecule has 1 heterocycles. The van der Waals surface area contributed by atoms with Crippen molar-refractivity contribution in [1.29, 1.82) is 0 Å². The third-order valence-corrected chi connectivity index (χ3v) is 4.20. The first-order valence-corrected chi connectivity index (χ1v) is 8.34. The zero-order valence-corrected chi connectivity index (χ0v) is 15.2. The van der Waals surface area contributed by atoms with E-state index in [1.54, 1.807) is 24.3 Å². The molecular weight excluding hydrogens is 388 g/mol.